The minimum atomic E-state index is -0.256. The normalized spacial score (nSPS) is 17.4. The van der Waals surface area contributed by atoms with E-state index in [1.54, 1.807) is 6.07 Å². The van der Waals surface area contributed by atoms with Gasteiger partial charge in [-0.25, -0.2) is 9.07 Å². The largest absolute Gasteiger partial charge is 0.241 e. The van der Waals surface area contributed by atoms with Crippen LogP contribution in [0.1, 0.15) is 31.7 Å². The molecule has 0 amide bonds. The topological polar surface area (TPSA) is 30.7 Å². The first kappa shape index (κ1) is 10.2. The summed E-state index contributed by atoms with van der Waals surface area (Å²) in [7, 11) is 0. The summed E-state index contributed by atoms with van der Waals surface area (Å²) >= 11 is 3.16. The second-order valence-electron chi connectivity index (χ2n) is 4.23. The highest BCUT2D eigenvalue weighted by atomic mass is 79.9. The molecule has 0 radical (unpaired) electrons. The fourth-order valence-electron chi connectivity index (χ4n) is 2.35. The minimum Gasteiger partial charge on any atom is -0.241 e. The Labute approximate surface area is 101 Å². The van der Waals surface area contributed by atoms with Crippen molar-refractivity contribution in [1.82, 2.24) is 15.0 Å². The molecule has 0 N–H and O–H groups in total. The van der Waals surface area contributed by atoms with E-state index in [0.29, 0.717) is 10.5 Å². The van der Waals surface area contributed by atoms with E-state index in [1.165, 1.54) is 18.9 Å². The van der Waals surface area contributed by atoms with Gasteiger partial charge in [-0.05, 0) is 34.8 Å². The van der Waals surface area contributed by atoms with Crippen LogP contribution in [-0.4, -0.2) is 15.0 Å². The summed E-state index contributed by atoms with van der Waals surface area (Å²) in [5.74, 6) is -0.256. The fourth-order valence-corrected chi connectivity index (χ4v) is 2.68. The van der Waals surface area contributed by atoms with Gasteiger partial charge in [0, 0.05) is 6.07 Å². The van der Waals surface area contributed by atoms with Crippen molar-refractivity contribution in [3.63, 3.8) is 0 Å². The SMILES string of the molecule is Fc1cc2c(cc1Br)nnn2C1CCCC1. The molecule has 1 aromatic heterocycles. The molecule has 3 nitrogen and oxygen atoms in total. The summed E-state index contributed by atoms with van der Waals surface area (Å²) in [6.07, 6.45) is 4.70. The van der Waals surface area contributed by atoms with E-state index >= 15 is 0 Å². The second-order valence-corrected chi connectivity index (χ2v) is 5.08. The molecule has 84 valence electrons. The maximum Gasteiger partial charge on any atom is 0.139 e. The standard InChI is InChI=1S/C11H11BrFN3/c12-8-5-10-11(6-9(8)13)16(15-14-10)7-3-1-2-4-7/h5-7H,1-4H2. The summed E-state index contributed by atoms with van der Waals surface area (Å²) in [6.45, 7) is 0. The summed E-state index contributed by atoms with van der Waals surface area (Å²) in [5, 5.41) is 8.22. The number of fused-ring (bicyclic) bond motifs is 1. The van der Waals surface area contributed by atoms with Gasteiger partial charge in [0.25, 0.3) is 0 Å². The number of hydrogen-bond acceptors (Lipinski definition) is 2. The van der Waals surface area contributed by atoms with E-state index < -0.39 is 0 Å². The number of hydrogen-bond donors (Lipinski definition) is 0. The van der Waals surface area contributed by atoms with Gasteiger partial charge >= 0.3 is 0 Å². The monoisotopic (exact) mass is 283 g/mol. The maximum absolute atomic E-state index is 13.5. The highest BCUT2D eigenvalue weighted by Crippen LogP contribution is 2.32. The molecular weight excluding hydrogens is 273 g/mol. The van der Waals surface area contributed by atoms with Crippen LogP contribution < -0.4 is 0 Å². The first-order valence-corrected chi connectivity index (χ1v) is 6.25. The van der Waals surface area contributed by atoms with Crippen LogP contribution in [-0.2, 0) is 0 Å². The molecule has 0 aliphatic heterocycles. The molecule has 0 bridgehead atoms. The van der Waals surface area contributed by atoms with E-state index in [-0.39, 0.29) is 5.82 Å². The van der Waals surface area contributed by atoms with E-state index in [0.717, 1.165) is 23.9 Å². The van der Waals surface area contributed by atoms with Crippen molar-refractivity contribution in [2.75, 3.05) is 0 Å². The van der Waals surface area contributed by atoms with Gasteiger partial charge in [-0.1, -0.05) is 18.1 Å². The van der Waals surface area contributed by atoms with E-state index in [1.807, 2.05) is 4.68 Å². The van der Waals surface area contributed by atoms with Crippen molar-refractivity contribution in [1.29, 1.82) is 0 Å². The van der Waals surface area contributed by atoms with Crippen molar-refractivity contribution in [2.45, 2.75) is 31.7 Å². The second kappa shape index (κ2) is 3.80. The van der Waals surface area contributed by atoms with Crippen LogP contribution in [0, 0.1) is 5.82 Å². The number of aromatic nitrogens is 3. The molecule has 0 atom stereocenters. The van der Waals surface area contributed by atoms with Crippen molar-refractivity contribution < 1.29 is 4.39 Å². The lowest BCUT2D eigenvalue weighted by Crippen LogP contribution is -2.06. The zero-order valence-corrected chi connectivity index (χ0v) is 10.2. The molecule has 1 heterocycles. The van der Waals surface area contributed by atoms with E-state index in [9.17, 15) is 4.39 Å². The van der Waals surface area contributed by atoms with Crippen molar-refractivity contribution >= 4 is 27.0 Å². The Hall–Kier alpha value is -0.970. The summed E-state index contributed by atoms with van der Waals surface area (Å²) in [6, 6.07) is 3.59. The van der Waals surface area contributed by atoms with Crippen LogP contribution in [0.2, 0.25) is 0 Å². The highest BCUT2D eigenvalue weighted by Gasteiger charge is 2.20. The lowest BCUT2D eigenvalue weighted by Gasteiger charge is -2.09. The third kappa shape index (κ3) is 1.54. The zero-order chi connectivity index (χ0) is 11.1. The molecule has 5 heteroatoms. The Kier molecular flexibility index (Phi) is 2.42. The molecular formula is C11H11BrFN3. The number of rotatable bonds is 1. The van der Waals surface area contributed by atoms with Gasteiger partial charge in [0.1, 0.15) is 11.3 Å². The van der Waals surface area contributed by atoms with Gasteiger partial charge in [0.2, 0.25) is 0 Å². The molecule has 3 rings (SSSR count). The predicted octanol–water partition coefficient (Wildman–Crippen LogP) is 3.45. The van der Waals surface area contributed by atoms with Crippen LogP contribution in [0.25, 0.3) is 11.0 Å². The molecule has 1 saturated carbocycles. The number of benzene rings is 1. The van der Waals surface area contributed by atoms with E-state index in [4.69, 9.17) is 0 Å². The zero-order valence-electron chi connectivity index (χ0n) is 8.66. The fraction of sp³-hybridized carbons (Fsp3) is 0.455. The molecule has 0 unspecified atom stereocenters. The smallest absolute Gasteiger partial charge is 0.139 e. The average Bonchev–Trinajstić information content (AvgIpc) is 2.87. The van der Waals surface area contributed by atoms with Crippen LogP contribution in [0.5, 0.6) is 0 Å². The quantitative estimate of drug-likeness (QED) is 0.803. The Bertz CT molecular complexity index is 531. The summed E-state index contributed by atoms with van der Waals surface area (Å²) in [5.41, 5.74) is 1.55. The summed E-state index contributed by atoms with van der Waals surface area (Å²) in [4.78, 5) is 0. The van der Waals surface area contributed by atoms with Crippen LogP contribution in [0.4, 0.5) is 4.39 Å². The maximum atomic E-state index is 13.5. The first-order valence-electron chi connectivity index (χ1n) is 5.45. The van der Waals surface area contributed by atoms with E-state index in [2.05, 4.69) is 26.2 Å². The van der Waals surface area contributed by atoms with Crippen LogP contribution in [0.3, 0.4) is 0 Å². The molecule has 0 spiro atoms. The Morgan fingerprint density at radius 2 is 2.06 bits per heavy atom. The van der Waals surface area contributed by atoms with Crippen LogP contribution in [0.15, 0.2) is 16.6 Å². The lowest BCUT2D eigenvalue weighted by molar-refractivity contribution is 0.466. The Balaban J connectivity index is 2.15. The first-order chi connectivity index (χ1) is 7.75. The third-order valence-corrected chi connectivity index (χ3v) is 3.79. The van der Waals surface area contributed by atoms with Crippen molar-refractivity contribution in [3.05, 3.63) is 22.4 Å². The van der Waals surface area contributed by atoms with Gasteiger partial charge in [0.05, 0.1) is 16.0 Å². The van der Waals surface area contributed by atoms with Crippen molar-refractivity contribution in [2.24, 2.45) is 0 Å². The van der Waals surface area contributed by atoms with Gasteiger partial charge in [-0.15, -0.1) is 5.10 Å². The Morgan fingerprint density at radius 3 is 2.81 bits per heavy atom. The molecule has 1 aromatic carbocycles. The third-order valence-electron chi connectivity index (χ3n) is 3.18. The van der Waals surface area contributed by atoms with Crippen molar-refractivity contribution in [3.8, 4) is 0 Å². The Morgan fingerprint density at radius 1 is 1.31 bits per heavy atom. The highest BCUT2D eigenvalue weighted by molar-refractivity contribution is 9.10. The molecule has 0 saturated heterocycles. The average molecular weight is 284 g/mol. The van der Waals surface area contributed by atoms with Gasteiger partial charge < -0.3 is 0 Å². The molecule has 1 aliphatic rings. The lowest BCUT2D eigenvalue weighted by atomic mass is 10.2. The molecule has 2 aromatic rings. The van der Waals surface area contributed by atoms with Crippen LogP contribution >= 0.6 is 15.9 Å². The van der Waals surface area contributed by atoms with Gasteiger partial charge in [-0.2, -0.15) is 0 Å². The molecule has 16 heavy (non-hydrogen) atoms. The number of nitrogens with zero attached hydrogens (tertiary/aromatic N) is 3. The minimum absolute atomic E-state index is 0.256. The molecule has 1 aliphatic carbocycles. The molecule has 1 fully saturated rings. The number of halogens is 2. The van der Waals surface area contributed by atoms with Gasteiger partial charge in [-0.3, -0.25) is 0 Å². The predicted molar refractivity (Wildman–Crippen MR) is 62.7 cm³/mol. The summed E-state index contributed by atoms with van der Waals surface area (Å²) < 4.78 is 15.8. The van der Waals surface area contributed by atoms with Gasteiger partial charge in [0.15, 0.2) is 0 Å².